The summed E-state index contributed by atoms with van der Waals surface area (Å²) in [5, 5.41) is 10.6. The first-order valence-electron chi connectivity index (χ1n) is 9.53. The highest BCUT2D eigenvalue weighted by Gasteiger charge is 2.24. The predicted octanol–water partition coefficient (Wildman–Crippen LogP) is 1.69. The van der Waals surface area contributed by atoms with Gasteiger partial charge in [0, 0.05) is 31.5 Å². The molecule has 10 heteroatoms. The molecule has 0 saturated carbocycles. The average Bonchev–Trinajstić information content (AvgIpc) is 3.15. The highest BCUT2D eigenvalue weighted by molar-refractivity contribution is 5.97. The molecular formula is C19H26N8O2. The molecule has 0 bridgehead atoms. The highest BCUT2D eigenvalue weighted by atomic mass is 16.2. The lowest BCUT2D eigenvalue weighted by Gasteiger charge is -2.32. The van der Waals surface area contributed by atoms with Gasteiger partial charge in [0.1, 0.15) is 5.82 Å². The Hall–Kier alpha value is -3.43. The van der Waals surface area contributed by atoms with Crippen LogP contribution < -0.4 is 16.4 Å². The molecule has 0 aromatic carbocycles. The normalized spacial score (nSPS) is 16.5. The maximum atomic E-state index is 11.9. The van der Waals surface area contributed by atoms with Gasteiger partial charge in [-0.05, 0) is 32.8 Å². The molecule has 0 radical (unpaired) electrons. The van der Waals surface area contributed by atoms with E-state index in [-0.39, 0.29) is 23.6 Å². The summed E-state index contributed by atoms with van der Waals surface area (Å²) in [6, 6.07) is 0.172. The Morgan fingerprint density at radius 3 is 2.86 bits per heavy atom. The van der Waals surface area contributed by atoms with Crippen LogP contribution in [0.5, 0.6) is 0 Å². The Balaban J connectivity index is 1.73. The van der Waals surface area contributed by atoms with Gasteiger partial charge in [-0.2, -0.15) is 10.1 Å². The number of anilines is 3. The summed E-state index contributed by atoms with van der Waals surface area (Å²) >= 11 is 0. The third kappa shape index (κ3) is 4.89. The van der Waals surface area contributed by atoms with E-state index in [9.17, 15) is 9.59 Å². The Morgan fingerprint density at radius 1 is 1.38 bits per heavy atom. The fraction of sp³-hybridized carbons (Fsp3) is 0.421. The fourth-order valence-electron chi connectivity index (χ4n) is 3.24. The second-order valence-corrected chi connectivity index (χ2v) is 7.24. The van der Waals surface area contributed by atoms with Crippen LogP contribution in [0.1, 0.15) is 43.1 Å². The van der Waals surface area contributed by atoms with Crippen LogP contribution in [0.4, 0.5) is 17.5 Å². The monoisotopic (exact) mass is 398 g/mol. The molecular weight excluding hydrogens is 372 g/mol. The third-order valence-corrected chi connectivity index (χ3v) is 4.59. The van der Waals surface area contributed by atoms with Crippen LogP contribution >= 0.6 is 0 Å². The number of nitrogens with one attached hydrogen (secondary N) is 2. The summed E-state index contributed by atoms with van der Waals surface area (Å²) < 4.78 is 1.84. The molecule has 154 valence electrons. The lowest BCUT2D eigenvalue weighted by molar-refractivity contribution is -0.127. The van der Waals surface area contributed by atoms with Gasteiger partial charge in [0.2, 0.25) is 11.9 Å². The van der Waals surface area contributed by atoms with Crippen molar-refractivity contribution in [2.24, 2.45) is 5.73 Å². The first-order chi connectivity index (χ1) is 13.9. The summed E-state index contributed by atoms with van der Waals surface area (Å²) in [5.41, 5.74) is 6.33. The maximum Gasteiger partial charge on any atom is 0.254 e. The van der Waals surface area contributed by atoms with E-state index in [4.69, 9.17) is 5.73 Å². The average molecular weight is 398 g/mol. The van der Waals surface area contributed by atoms with Crippen molar-refractivity contribution in [3.8, 4) is 0 Å². The number of piperidine rings is 1. The van der Waals surface area contributed by atoms with E-state index in [1.54, 1.807) is 11.1 Å². The van der Waals surface area contributed by atoms with E-state index in [1.165, 1.54) is 12.3 Å². The van der Waals surface area contributed by atoms with Gasteiger partial charge in [-0.25, -0.2) is 4.98 Å². The Morgan fingerprint density at radius 2 is 2.17 bits per heavy atom. The predicted molar refractivity (Wildman–Crippen MR) is 110 cm³/mol. The zero-order chi connectivity index (χ0) is 21.0. The van der Waals surface area contributed by atoms with Crippen LogP contribution in [0.2, 0.25) is 0 Å². The van der Waals surface area contributed by atoms with Crippen LogP contribution in [-0.4, -0.2) is 55.6 Å². The van der Waals surface area contributed by atoms with Crippen molar-refractivity contribution in [3.05, 3.63) is 36.8 Å². The van der Waals surface area contributed by atoms with E-state index >= 15 is 0 Å². The molecule has 1 aliphatic rings. The second kappa shape index (κ2) is 8.72. The number of amides is 2. The molecule has 2 aromatic heterocycles. The molecule has 1 atom stereocenters. The smallest absolute Gasteiger partial charge is 0.254 e. The number of rotatable bonds is 7. The van der Waals surface area contributed by atoms with Crippen molar-refractivity contribution in [2.45, 2.75) is 38.8 Å². The number of primary amides is 1. The number of nitrogens with zero attached hydrogens (tertiary/aromatic N) is 5. The van der Waals surface area contributed by atoms with Crippen molar-refractivity contribution in [1.29, 1.82) is 0 Å². The Kier molecular flexibility index (Phi) is 6.10. The number of carbonyl (C=O) groups is 2. The van der Waals surface area contributed by atoms with E-state index in [2.05, 4.69) is 32.3 Å². The third-order valence-electron chi connectivity index (χ3n) is 4.59. The lowest BCUT2D eigenvalue weighted by Crippen LogP contribution is -2.39. The number of aromatic nitrogens is 4. The van der Waals surface area contributed by atoms with Gasteiger partial charge in [0.15, 0.2) is 0 Å². The largest absolute Gasteiger partial charge is 0.367 e. The van der Waals surface area contributed by atoms with Crippen molar-refractivity contribution < 1.29 is 9.59 Å². The molecule has 0 spiro atoms. The van der Waals surface area contributed by atoms with Gasteiger partial charge in [-0.3, -0.25) is 14.3 Å². The van der Waals surface area contributed by atoms with E-state index in [1.807, 2.05) is 24.7 Å². The van der Waals surface area contributed by atoms with Gasteiger partial charge < -0.3 is 21.3 Å². The van der Waals surface area contributed by atoms with Crippen LogP contribution in [0.3, 0.4) is 0 Å². The first-order valence-corrected chi connectivity index (χ1v) is 9.53. The van der Waals surface area contributed by atoms with Crippen LogP contribution in [0.15, 0.2) is 31.2 Å². The molecule has 2 amide bonds. The standard InChI is InChI=1S/C19H26N8O2/c1-4-16(28)26-7-5-6-14(11-26)27-10-13(8-22-27)24-19-21-9-15(17(20)29)18(25-19)23-12(2)3/h4,8-10,12,14H,1,5-7,11H2,2-3H3,(H2,20,29)(H2,21,23,24,25)/t14-/m0/s1. The molecule has 3 rings (SSSR count). The molecule has 10 nitrogen and oxygen atoms in total. The Labute approximate surface area is 169 Å². The van der Waals surface area contributed by atoms with Gasteiger partial charge in [-0.15, -0.1) is 0 Å². The second-order valence-electron chi connectivity index (χ2n) is 7.24. The van der Waals surface area contributed by atoms with Crippen molar-refractivity contribution in [1.82, 2.24) is 24.6 Å². The summed E-state index contributed by atoms with van der Waals surface area (Å²) in [5.74, 6) is 0.0461. The molecule has 0 aliphatic carbocycles. The number of carbonyl (C=O) groups excluding carboxylic acids is 2. The minimum absolute atomic E-state index is 0.0617. The summed E-state index contributed by atoms with van der Waals surface area (Å²) in [7, 11) is 0. The van der Waals surface area contributed by atoms with Crippen molar-refractivity contribution in [2.75, 3.05) is 23.7 Å². The molecule has 29 heavy (non-hydrogen) atoms. The van der Waals surface area contributed by atoms with Crippen molar-refractivity contribution >= 4 is 29.3 Å². The number of likely N-dealkylation sites (tertiary alicyclic amines) is 1. The molecule has 1 fully saturated rings. The van der Waals surface area contributed by atoms with Gasteiger partial charge in [-0.1, -0.05) is 6.58 Å². The Bertz CT molecular complexity index is 907. The zero-order valence-corrected chi connectivity index (χ0v) is 16.6. The summed E-state index contributed by atoms with van der Waals surface area (Å²) in [6.45, 7) is 8.76. The van der Waals surface area contributed by atoms with E-state index in [0.717, 1.165) is 19.4 Å². The summed E-state index contributed by atoms with van der Waals surface area (Å²) in [4.78, 5) is 33.8. The minimum atomic E-state index is -0.594. The van der Waals surface area contributed by atoms with Gasteiger partial charge in [0.25, 0.3) is 5.91 Å². The zero-order valence-electron chi connectivity index (χ0n) is 16.6. The van der Waals surface area contributed by atoms with Gasteiger partial charge >= 0.3 is 0 Å². The first kappa shape index (κ1) is 20.3. The molecule has 3 heterocycles. The maximum absolute atomic E-state index is 11.9. The molecule has 1 aliphatic heterocycles. The highest BCUT2D eigenvalue weighted by Crippen LogP contribution is 2.24. The van der Waals surface area contributed by atoms with Gasteiger partial charge in [0.05, 0.1) is 23.5 Å². The van der Waals surface area contributed by atoms with E-state index < -0.39 is 5.91 Å². The van der Waals surface area contributed by atoms with Crippen LogP contribution in [0.25, 0.3) is 0 Å². The SMILES string of the molecule is C=CC(=O)N1CCC[C@H](n2cc(Nc3ncc(C(N)=O)c(NC(C)C)n3)cn2)C1. The quantitative estimate of drug-likeness (QED) is 0.605. The van der Waals surface area contributed by atoms with Crippen LogP contribution in [0, 0.1) is 0 Å². The molecule has 1 saturated heterocycles. The molecule has 2 aromatic rings. The van der Waals surface area contributed by atoms with Crippen molar-refractivity contribution in [3.63, 3.8) is 0 Å². The number of hydrogen-bond acceptors (Lipinski definition) is 7. The topological polar surface area (TPSA) is 131 Å². The summed E-state index contributed by atoms with van der Waals surface area (Å²) in [6.07, 6.45) is 8.12. The fourth-order valence-corrected chi connectivity index (χ4v) is 3.24. The molecule has 0 unspecified atom stereocenters. The van der Waals surface area contributed by atoms with E-state index in [0.29, 0.717) is 24.0 Å². The van der Waals surface area contributed by atoms with Crippen LogP contribution in [-0.2, 0) is 4.79 Å². The number of hydrogen-bond donors (Lipinski definition) is 3. The molecule has 4 N–H and O–H groups in total. The lowest BCUT2D eigenvalue weighted by atomic mass is 10.1. The minimum Gasteiger partial charge on any atom is -0.367 e. The number of nitrogens with two attached hydrogens (primary N) is 1.